The molecule has 2 amide bonds. The Morgan fingerprint density at radius 2 is 1.87 bits per heavy atom. The lowest BCUT2D eigenvalue weighted by molar-refractivity contribution is -0.120. The van der Waals surface area contributed by atoms with Crippen LogP contribution in [0.15, 0.2) is 18.2 Å². The lowest BCUT2D eigenvalue weighted by Gasteiger charge is -2.26. The summed E-state index contributed by atoms with van der Waals surface area (Å²) in [5.41, 5.74) is 2.43. The molecule has 1 aromatic carbocycles. The highest BCUT2D eigenvalue weighted by atomic mass is 32.2. The fourth-order valence-corrected chi connectivity index (χ4v) is 3.68. The summed E-state index contributed by atoms with van der Waals surface area (Å²) >= 11 is 1.89. The van der Waals surface area contributed by atoms with E-state index in [1.54, 1.807) is 0 Å². The van der Waals surface area contributed by atoms with E-state index in [0.717, 1.165) is 48.7 Å². The zero-order chi connectivity index (χ0) is 16.8. The molecule has 1 N–H and O–H groups in total. The fraction of sp³-hybridized carbons (Fsp3) is 0.556. The van der Waals surface area contributed by atoms with Gasteiger partial charge >= 0.3 is 0 Å². The molecular weight excluding hydrogens is 308 g/mol. The number of aryl methyl sites for hydroxylation is 1. The van der Waals surface area contributed by atoms with Crippen LogP contribution >= 0.6 is 11.8 Å². The molecule has 0 spiro atoms. The Balaban J connectivity index is 2.08. The molecule has 0 aromatic heterocycles. The van der Waals surface area contributed by atoms with Gasteiger partial charge in [0.25, 0.3) is 5.91 Å². The van der Waals surface area contributed by atoms with Crippen molar-refractivity contribution in [2.45, 2.75) is 33.6 Å². The average molecular weight is 334 g/mol. The van der Waals surface area contributed by atoms with Gasteiger partial charge in [-0.1, -0.05) is 13.8 Å². The number of nitrogens with zero attached hydrogens (tertiary/aromatic N) is 1. The molecule has 126 valence electrons. The molecule has 1 aromatic rings. The monoisotopic (exact) mass is 334 g/mol. The Hall–Kier alpha value is -1.49. The van der Waals surface area contributed by atoms with Crippen molar-refractivity contribution in [3.8, 4) is 0 Å². The van der Waals surface area contributed by atoms with Gasteiger partial charge in [-0.05, 0) is 43.5 Å². The largest absolute Gasteiger partial charge is 0.337 e. The predicted octanol–water partition coefficient (Wildman–Crippen LogP) is 3.56. The lowest BCUT2D eigenvalue weighted by atomic mass is 10.0. The first-order valence-electron chi connectivity index (χ1n) is 8.35. The van der Waals surface area contributed by atoms with E-state index in [9.17, 15) is 9.59 Å². The summed E-state index contributed by atoms with van der Waals surface area (Å²) < 4.78 is 0. The topological polar surface area (TPSA) is 49.4 Å². The van der Waals surface area contributed by atoms with Gasteiger partial charge in [-0.25, -0.2) is 0 Å². The first kappa shape index (κ1) is 17.9. The number of rotatable bonds is 5. The number of hydrogen-bond acceptors (Lipinski definition) is 3. The second-order valence-electron chi connectivity index (χ2n) is 5.94. The molecule has 1 aliphatic rings. The predicted molar refractivity (Wildman–Crippen MR) is 97.1 cm³/mol. The van der Waals surface area contributed by atoms with Crippen LogP contribution in [0, 0.1) is 12.8 Å². The smallest absolute Gasteiger partial charge is 0.253 e. The number of hydrogen-bond donors (Lipinski definition) is 1. The molecule has 1 fully saturated rings. The Morgan fingerprint density at radius 1 is 1.22 bits per heavy atom. The molecular formula is C18H26N2O2S. The Bertz CT molecular complexity index is 564. The van der Waals surface area contributed by atoms with Gasteiger partial charge < -0.3 is 10.2 Å². The molecule has 2 rings (SSSR count). The third-order valence-electron chi connectivity index (χ3n) is 4.39. The van der Waals surface area contributed by atoms with Crippen molar-refractivity contribution in [3.63, 3.8) is 0 Å². The summed E-state index contributed by atoms with van der Waals surface area (Å²) in [5, 5.41) is 2.99. The number of nitrogens with one attached hydrogen (secondary N) is 1. The average Bonchev–Trinajstić information content (AvgIpc) is 2.58. The molecule has 4 nitrogen and oxygen atoms in total. The first-order valence-corrected chi connectivity index (χ1v) is 9.50. The molecule has 0 saturated carbocycles. The normalized spacial score (nSPS) is 14.9. The van der Waals surface area contributed by atoms with E-state index in [4.69, 9.17) is 0 Å². The molecule has 23 heavy (non-hydrogen) atoms. The zero-order valence-corrected chi connectivity index (χ0v) is 15.0. The van der Waals surface area contributed by atoms with E-state index in [0.29, 0.717) is 5.56 Å². The van der Waals surface area contributed by atoms with E-state index in [-0.39, 0.29) is 17.7 Å². The van der Waals surface area contributed by atoms with Crippen molar-refractivity contribution < 1.29 is 9.59 Å². The molecule has 0 radical (unpaired) electrons. The van der Waals surface area contributed by atoms with Crippen LogP contribution in [-0.2, 0) is 4.79 Å². The number of carbonyl (C=O) groups is 2. The van der Waals surface area contributed by atoms with Crippen molar-refractivity contribution in [2.75, 3.05) is 29.9 Å². The van der Waals surface area contributed by atoms with Crippen molar-refractivity contribution in [3.05, 3.63) is 29.3 Å². The van der Waals surface area contributed by atoms with E-state index in [1.807, 2.05) is 55.6 Å². The number of benzene rings is 1. The fourth-order valence-electron chi connectivity index (χ4n) is 2.78. The second-order valence-corrected chi connectivity index (χ2v) is 7.16. The maximum absolute atomic E-state index is 12.5. The zero-order valence-electron chi connectivity index (χ0n) is 14.2. The van der Waals surface area contributed by atoms with Gasteiger partial charge in [0.1, 0.15) is 0 Å². The van der Waals surface area contributed by atoms with Gasteiger partial charge in [0, 0.05) is 41.8 Å². The minimum absolute atomic E-state index is 0.0431. The Labute approximate surface area is 143 Å². The molecule has 0 atom stereocenters. The van der Waals surface area contributed by atoms with Crippen LogP contribution in [0.1, 0.15) is 42.6 Å². The quantitative estimate of drug-likeness (QED) is 0.896. The highest BCUT2D eigenvalue weighted by Gasteiger charge is 2.20. The van der Waals surface area contributed by atoms with Gasteiger partial charge in [0.2, 0.25) is 5.91 Å². The third-order valence-corrected chi connectivity index (χ3v) is 5.33. The van der Waals surface area contributed by atoms with Gasteiger partial charge in [0.05, 0.1) is 0 Å². The SMILES string of the molecule is CCC(CC)C(=O)Nc1ccc(C(=O)N2CCSCC2)cc1C. The van der Waals surface area contributed by atoms with Crippen LogP contribution in [0.25, 0.3) is 0 Å². The maximum Gasteiger partial charge on any atom is 0.253 e. The van der Waals surface area contributed by atoms with Gasteiger partial charge in [-0.3, -0.25) is 9.59 Å². The summed E-state index contributed by atoms with van der Waals surface area (Å²) in [6, 6.07) is 5.55. The van der Waals surface area contributed by atoms with Crippen molar-refractivity contribution in [2.24, 2.45) is 5.92 Å². The molecule has 1 heterocycles. The van der Waals surface area contributed by atoms with Crippen LogP contribution in [-0.4, -0.2) is 41.3 Å². The number of carbonyl (C=O) groups excluding carboxylic acids is 2. The maximum atomic E-state index is 12.5. The Kier molecular flexibility index (Phi) is 6.51. The molecule has 0 unspecified atom stereocenters. The minimum Gasteiger partial charge on any atom is -0.337 e. The molecule has 0 aliphatic carbocycles. The second kappa shape index (κ2) is 8.39. The van der Waals surface area contributed by atoms with E-state index >= 15 is 0 Å². The molecule has 1 saturated heterocycles. The number of thioether (sulfide) groups is 1. The minimum atomic E-state index is 0.0431. The van der Waals surface area contributed by atoms with Crippen molar-refractivity contribution in [1.29, 1.82) is 0 Å². The van der Waals surface area contributed by atoms with Crippen LogP contribution in [0.5, 0.6) is 0 Å². The lowest BCUT2D eigenvalue weighted by Crippen LogP contribution is -2.37. The summed E-state index contributed by atoms with van der Waals surface area (Å²) in [6.45, 7) is 7.62. The first-order chi connectivity index (χ1) is 11.1. The van der Waals surface area contributed by atoms with Crippen LogP contribution in [0.2, 0.25) is 0 Å². The summed E-state index contributed by atoms with van der Waals surface area (Å²) in [4.78, 5) is 26.6. The van der Waals surface area contributed by atoms with E-state index in [2.05, 4.69) is 5.32 Å². The number of anilines is 1. The van der Waals surface area contributed by atoms with Crippen molar-refractivity contribution in [1.82, 2.24) is 4.90 Å². The standard InChI is InChI=1S/C18H26N2O2S/c1-4-14(5-2)17(21)19-16-7-6-15(12-13(16)3)18(22)20-8-10-23-11-9-20/h6-7,12,14H,4-5,8-11H2,1-3H3,(H,19,21). The van der Waals surface area contributed by atoms with Gasteiger partial charge in [-0.15, -0.1) is 0 Å². The van der Waals surface area contributed by atoms with Gasteiger partial charge in [0.15, 0.2) is 0 Å². The molecule has 0 bridgehead atoms. The summed E-state index contributed by atoms with van der Waals surface area (Å²) in [6.07, 6.45) is 1.68. The van der Waals surface area contributed by atoms with Crippen LogP contribution in [0.4, 0.5) is 5.69 Å². The highest BCUT2D eigenvalue weighted by molar-refractivity contribution is 7.99. The van der Waals surface area contributed by atoms with Gasteiger partial charge in [-0.2, -0.15) is 11.8 Å². The van der Waals surface area contributed by atoms with E-state index < -0.39 is 0 Å². The third kappa shape index (κ3) is 4.50. The molecule has 5 heteroatoms. The van der Waals surface area contributed by atoms with Crippen molar-refractivity contribution >= 4 is 29.3 Å². The summed E-state index contributed by atoms with van der Waals surface area (Å²) in [7, 11) is 0. The highest BCUT2D eigenvalue weighted by Crippen LogP contribution is 2.21. The number of amides is 2. The summed E-state index contributed by atoms with van der Waals surface area (Å²) in [5.74, 6) is 2.21. The van der Waals surface area contributed by atoms with Crippen LogP contribution in [0.3, 0.4) is 0 Å². The Morgan fingerprint density at radius 3 is 2.43 bits per heavy atom. The molecule has 1 aliphatic heterocycles. The van der Waals surface area contributed by atoms with Crippen LogP contribution < -0.4 is 5.32 Å². The van der Waals surface area contributed by atoms with E-state index in [1.165, 1.54) is 0 Å².